The first-order chi connectivity index (χ1) is 10.1. The lowest BCUT2D eigenvalue weighted by Gasteiger charge is -2.37. The number of morpholine rings is 1. The van der Waals surface area contributed by atoms with Gasteiger partial charge in [-0.1, -0.05) is 24.0 Å². The molecule has 0 aromatic heterocycles. The third-order valence-electron chi connectivity index (χ3n) is 3.49. The fraction of sp³-hybridized carbons (Fsp3) is 0.471. The number of carbonyl (C=O) groups is 1. The van der Waals surface area contributed by atoms with Gasteiger partial charge >= 0.3 is 0 Å². The molecule has 4 heteroatoms. The second kappa shape index (κ2) is 7.26. The molecular weight excluding hydrogens is 266 g/mol. The summed E-state index contributed by atoms with van der Waals surface area (Å²) in [4.78, 5) is 14.6. The first-order valence-corrected chi connectivity index (χ1v) is 7.24. The van der Waals surface area contributed by atoms with E-state index in [4.69, 9.17) is 9.84 Å². The van der Waals surface area contributed by atoms with Crippen molar-refractivity contribution in [2.24, 2.45) is 0 Å². The molecule has 1 heterocycles. The zero-order valence-corrected chi connectivity index (χ0v) is 12.5. The number of amides is 1. The molecule has 1 aliphatic heterocycles. The van der Waals surface area contributed by atoms with Crippen molar-refractivity contribution in [3.63, 3.8) is 0 Å². The molecule has 1 aromatic carbocycles. The highest BCUT2D eigenvalue weighted by atomic mass is 16.5. The lowest BCUT2D eigenvalue weighted by atomic mass is 10.0. The van der Waals surface area contributed by atoms with Crippen molar-refractivity contribution in [3.05, 3.63) is 35.4 Å². The highest BCUT2D eigenvalue weighted by Gasteiger charge is 2.29. The molecule has 2 rings (SSSR count). The summed E-state index contributed by atoms with van der Waals surface area (Å²) in [7, 11) is 0. The Labute approximate surface area is 125 Å². The van der Waals surface area contributed by atoms with Gasteiger partial charge in [0.1, 0.15) is 0 Å². The van der Waals surface area contributed by atoms with Crippen LogP contribution in [0.25, 0.3) is 0 Å². The highest BCUT2D eigenvalue weighted by Crippen LogP contribution is 2.17. The van der Waals surface area contributed by atoms with E-state index in [1.165, 1.54) is 0 Å². The predicted octanol–water partition coefficient (Wildman–Crippen LogP) is 1.67. The van der Waals surface area contributed by atoms with Crippen molar-refractivity contribution >= 4 is 5.91 Å². The van der Waals surface area contributed by atoms with Crippen molar-refractivity contribution in [1.82, 2.24) is 4.90 Å². The van der Waals surface area contributed by atoms with Crippen LogP contribution in [0.1, 0.15) is 36.2 Å². The Hall–Kier alpha value is -1.83. The first-order valence-electron chi connectivity index (χ1n) is 7.24. The molecule has 1 amide bonds. The van der Waals surface area contributed by atoms with E-state index >= 15 is 0 Å². The molecule has 0 bridgehead atoms. The van der Waals surface area contributed by atoms with E-state index in [0.29, 0.717) is 30.7 Å². The van der Waals surface area contributed by atoms with Crippen LogP contribution in [0.2, 0.25) is 0 Å². The largest absolute Gasteiger partial charge is 0.395 e. The van der Waals surface area contributed by atoms with Crippen LogP contribution in [-0.2, 0) is 4.74 Å². The summed E-state index contributed by atoms with van der Waals surface area (Å²) in [6.07, 6.45) is 0.464. The number of ether oxygens (including phenoxy) is 1. The van der Waals surface area contributed by atoms with E-state index < -0.39 is 0 Å². The minimum absolute atomic E-state index is 0.00783. The predicted molar refractivity (Wildman–Crippen MR) is 80.9 cm³/mol. The van der Waals surface area contributed by atoms with Gasteiger partial charge in [-0.25, -0.2) is 0 Å². The summed E-state index contributed by atoms with van der Waals surface area (Å²) in [5, 5.41) is 8.80. The number of hydrogen-bond acceptors (Lipinski definition) is 3. The molecule has 0 radical (unpaired) electrons. The highest BCUT2D eigenvalue weighted by molar-refractivity contribution is 5.97. The molecule has 1 N–H and O–H groups in total. The first kappa shape index (κ1) is 15.6. The fourth-order valence-corrected chi connectivity index (χ4v) is 2.33. The zero-order valence-electron chi connectivity index (χ0n) is 12.5. The van der Waals surface area contributed by atoms with Gasteiger partial charge in [0, 0.05) is 18.5 Å². The van der Waals surface area contributed by atoms with E-state index in [9.17, 15) is 4.79 Å². The molecule has 0 aliphatic carbocycles. The number of carbonyl (C=O) groups excluding carboxylic acids is 1. The Kier molecular flexibility index (Phi) is 5.38. The van der Waals surface area contributed by atoms with Crippen LogP contribution in [0.3, 0.4) is 0 Å². The smallest absolute Gasteiger partial charge is 0.255 e. The number of aliphatic hydroxyl groups is 1. The van der Waals surface area contributed by atoms with Crippen molar-refractivity contribution in [1.29, 1.82) is 0 Å². The second-order valence-electron chi connectivity index (χ2n) is 5.27. The minimum Gasteiger partial charge on any atom is -0.395 e. The molecule has 21 heavy (non-hydrogen) atoms. The fourth-order valence-electron chi connectivity index (χ4n) is 2.33. The number of aliphatic hydroxyl groups excluding tert-OH is 1. The number of benzene rings is 1. The van der Waals surface area contributed by atoms with Crippen molar-refractivity contribution in [3.8, 4) is 11.8 Å². The monoisotopic (exact) mass is 287 g/mol. The van der Waals surface area contributed by atoms with Gasteiger partial charge in [-0.2, -0.15) is 0 Å². The maximum atomic E-state index is 12.8. The van der Waals surface area contributed by atoms with Crippen LogP contribution < -0.4 is 0 Å². The summed E-state index contributed by atoms with van der Waals surface area (Å²) in [5.41, 5.74) is 1.33. The van der Waals surface area contributed by atoms with Crippen LogP contribution in [0.4, 0.5) is 0 Å². The molecule has 1 fully saturated rings. The maximum Gasteiger partial charge on any atom is 0.255 e. The Bertz CT molecular complexity index is 559. The summed E-state index contributed by atoms with van der Waals surface area (Å²) < 4.78 is 5.57. The summed E-state index contributed by atoms with van der Waals surface area (Å²) >= 11 is 0. The van der Waals surface area contributed by atoms with Crippen LogP contribution in [0.15, 0.2) is 24.3 Å². The van der Waals surface area contributed by atoms with Gasteiger partial charge in [-0.3, -0.25) is 4.79 Å². The standard InChI is InChI=1S/C17H21NO3/c1-13-12-21-14(2)11-18(13)17(20)16-9-4-3-7-15(16)8-5-6-10-19/h3-4,7,9,13-14,19H,6,10-12H2,1-2H3. The Morgan fingerprint density at radius 2 is 2.19 bits per heavy atom. The molecule has 112 valence electrons. The van der Waals surface area contributed by atoms with E-state index in [1.54, 1.807) is 6.07 Å². The zero-order chi connectivity index (χ0) is 15.2. The molecule has 2 unspecified atom stereocenters. The van der Waals surface area contributed by atoms with Gasteiger partial charge in [0.05, 0.1) is 30.9 Å². The van der Waals surface area contributed by atoms with Crippen molar-refractivity contribution < 1.29 is 14.6 Å². The minimum atomic E-state index is -0.00783. The number of hydrogen-bond donors (Lipinski definition) is 1. The van der Waals surface area contributed by atoms with Crippen LogP contribution in [0.5, 0.6) is 0 Å². The van der Waals surface area contributed by atoms with Gasteiger partial charge < -0.3 is 14.7 Å². The van der Waals surface area contributed by atoms with E-state index in [-0.39, 0.29) is 24.7 Å². The van der Waals surface area contributed by atoms with Gasteiger partial charge in [0.25, 0.3) is 5.91 Å². The third-order valence-corrected chi connectivity index (χ3v) is 3.49. The number of nitrogens with zero attached hydrogens (tertiary/aromatic N) is 1. The third kappa shape index (κ3) is 3.84. The quantitative estimate of drug-likeness (QED) is 0.842. The molecule has 1 aromatic rings. The van der Waals surface area contributed by atoms with Crippen LogP contribution in [0, 0.1) is 11.8 Å². The average molecular weight is 287 g/mol. The molecule has 4 nitrogen and oxygen atoms in total. The second-order valence-corrected chi connectivity index (χ2v) is 5.27. The van der Waals surface area contributed by atoms with Gasteiger partial charge in [0.2, 0.25) is 0 Å². The van der Waals surface area contributed by atoms with E-state index in [0.717, 1.165) is 0 Å². The van der Waals surface area contributed by atoms with Crippen LogP contribution in [-0.4, -0.2) is 47.8 Å². The summed E-state index contributed by atoms with van der Waals surface area (Å²) in [6.45, 7) is 5.15. The molecule has 0 spiro atoms. The van der Waals surface area contributed by atoms with Crippen molar-refractivity contribution in [2.45, 2.75) is 32.4 Å². The van der Waals surface area contributed by atoms with Gasteiger partial charge in [-0.15, -0.1) is 0 Å². The summed E-state index contributed by atoms with van der Waals surface area (Å²) in [6, 6.07) is 7.42. The summed E-state index contributed by atoms with van der Waals surface area (Å²) in [5.74, 6) is 5.84. The molecule has 2 atom stereocenters. The van der Waals surface area contributed by atoms with Crippen LogP contribution >= 0.6 is 0 Å². The van der Waals surface area contributed by atoms with E-state index in [1.807, 2.05) is 36.9 Å². The lowest BCUT2D eigenvalue weighted by Crippen LogP contribution is -2.50. The Morgan fingerprint density at radius 1 is 1.43 bits per heavy atom. The normalized spacial score (nSPS) is 21.6. The van der Waals surface area contributed by atoms with E-state index in [2.05, 4.69) is 11.8 Å². The Morgan fingerprint density at radius 3 is 2.95 bits per heavy atom. The van der Waals surface area contributed by atoms with Gasteiger partial charge in [0.15, 0.2) is 0 Å². The average Bonchev–Trinajstić information content (AvgIpc) is 2.50. The molecule has 1 aliphatic rings. The SMILES string of the molecule is CC1CN(C(=O)c2ccccc2C#CCCO)C(C)CO1. The Balaban J connectivity index is 2.25. The van der Waals surface area contributed by atoms with Crippen molar-refractivity contribution in [2.75, 3.05) is 19.8 Å². The van der Waals surface area contributed by atoms with Gasteiger partial charge in [-0.05, 0) is 26.0 Å². The molecule has 0 saturated carbocycles. The lowest BCUT2D eigenvalue weighted by molar-refractivity contribution is -0.0387. The number of rotatable bonds is 2. The maximum absolute atomic E-state index is 12.8. The topological polar surface area (TPSA) is 49.8 Å². The molecular formula is C17H21NO3. The molecule has 1 saturated heterocycles.